The molecule has 0 radical (unpaired) electrons. The number of aryl methyl sites for hydroxylation is 1. The summed E-state index contributed by atoms with van der Waals surface area (Å²) < 4.78 is 5.66. The normalized spacial score (nSPS) is 13.4. The van der Waals surface area contributed by atoms with E-state index in [0.717, 1.165) is 58.7 Å². The number of rotatable bonds is 3. The lowest BCUT2D eigenvalue weighted by atomic mass is 9.85. The van der Waals surface area contributed by atoms with Crippen LogP contribution in [0.15, 0.2) is 36.5 Å². The maximum Gasteiger partial charge on any atom is 0.274 e. The summed E-state index contributed by atoms with van der Waals surface area (Å²) in [6, 6.07) is 9.06. The van der Waals surface area contributed by atoms with Gasteiger partial charge in [-0.2, -0.15) is 5.10 Å². The second-order valence-corrected chi connectivity index (χ2v) is 7.28. The fraction of sp³-hybridized carbons (Fsp3) is 0.227. The third kappa shape index (κ3) is 2.74. The van der Waals surface area contributed by atoms with Gasteiger partial charge in [-0.15, -0.1) is 0 Å². The summed E-state index contributed by atoms with van der Waals surface area (Å²) in [6.45, 7) is 0. The van der Waals surface area contributed by atoms with E-state index in [2.05, 4.69) is 10.2 Å². The van der Waals surface area contributed by atoms with E-state index < -0.39 is 5.91 Å². The van der Waals surface area contributed by atoms with Gasteiger partial charge in [0.25, 0.3) is 5.91 Å². The van der Waals surface area contributed by atoms with Crippen molar-refractivity contribution >= 4 is 27.7 Å². The zero-order chi connectivity index (χ0) is 20.0. The summed E-state index contributed by atoms with van der Waals surface area (Å²) in [7, 11) is 1.65. The average Bonchev–Trinajstić information content (AvgIpc) is 3.25. The largest absolute Gasteiger partial charge is 0.494 e. The highest BCUT2D eigenvalue weighted by atomic mass is 16.5. The second-order valence-electron chi connectivity index (χ2n) is 7.28. The second kappa shape index (κ2) is 6.86. The van der Waals surface area contributed by atoms with Gasteiger partial charge >= 0.3 is 0 Å². The molecule has 0 atom stereocenters. The van der Waals surface area contributed by atoms with E-state index in [1.807, 2.05) is 24.4 Å². The van der Waals surface area contributed by atoms with Crippen LogP contribution in [0, 0.1) is 0 Å². The number of aromatic nitrogens is 3. The van der Waals surface area contributed by atoms with Gasteiger partial charge in [0.15, 0.2) is 0 Å². The molecular formula is C22H20N4O3. The van der Waals surface area contributed by atoms with Crippen LogP contribution >= 0.6 is 0 Å². The maximum atomic E-state index is 11.6. The molecule has 0 saturated heterocycles. The highest BCUT2D eigenvalue weighted by molar-refractivity contribution is 6.10. The van der Waals surface area contributed by atoms with Crippen molar-refractivity contribution in [2.75, 3.05) is 7.11 Å². The molecule has 7 heteroatoms. The summed E-state index contributed by atoms with van der Waals surface area (Å²) in [5.41, 5.74) is 8.24. The van der Waals surface area contributed by atoms with E-state index in [1.165, 1.54) is 11.1 Å². The van der Waals surface area contributed by atoms with Crippen LogP contribution < -0.4 is 10.2 Å². The van der Waals surface area contributed by atoms with Gasteiger partial charge in [-0.3, -0.25) is 15.1 Å². The molecule has 5 rings (SSSR count). The Morgan fingerprint density at radius 3 is 2.66 bits per heavy atom. The molecule has 2 aromatic heterocycles. The van der Waals surface area contributed by atoms with Crippen LogP contribution in [-0.2, 0) is 12.8 Å². The molecule has 2 heterocycles. The van der Waals surface area contributed by atoms with Crippen molar-refractivity contribution in [2.45, 2.75) is 25.7 Å². The average molecular weight is 388 g/mol. The van der Waals surface area contributed by atoms with Crippen LogP contribution in [0.2, 0.25) is 0 Å². The Morgan fingerprint density at radius 1 is 1.17 bits per heavy atom. The molecule has 0 bridgehead atoms. The predicted octanol–water partition coefficient (Wildman–Crippen LogP) is 3.78. The minimum Gasteiger partial charge on any atom is -0.494 e. The summed E-state index contributed by atoms with van der Waals surface area (Å²) in [5, 5.41) is 18.3. The zero-order valence-corrected chi connectivity index (χ0v) is 16.0. The summed E-state index contributed by atoms with van der Waals surface area (Å²) in [5.74, 6) is 0.178. The lowest BCUT2D eigenvalue weighted by molar-refractivity contribution is 0.0706. The number of amides is 1. The van der Waals surface area contributed by atoms with Gasteiger partial charge in [-0.25, -0.2) is 10.5 Å². The van der Waals surface area contributed by atoms with E-state index in [1.54, 1.807) is 24.7 Å². The Labute approximate surface area is 166 Å². The topological polar surface area (TPSA) is 100 Å². The first kappa shape index (κ1) is 17.6. The molecule has 1 aliphatic carbocycles. The minimum atomic E-state index is -0.533. The number of methoxy groups -OCH3 is 1. The van der Waals surface area contributed by atoms with E-state index in [9.17, 15) is 4.79 Å². The zero-order valence-electron chi connectivity index (χ0n) is 16.0. The monoisotopic (exact) mass is 388 g/mol. The smallest absolute Gasteiger partial charge is 0.274 e. The molecule has 4 aromatic rings. The number of pyridine rings is 1. The summed E-state index contributed by atoms with van der Waals surface area (Å²) in [6.07, 6.45) is 6.06. The number of benzene rings is 2. The van der Waals surface area contributed by atoms with Gasteiger partial charge in [0.05, 0.1) is 24.5 Å². The number of carbonyl (C=O) groups excluding carboxylic acids is 1. The molecule has 146 valence electrons. The van der Waals surface area contributed by atoms with Crippen LogP contribution in [0.4, 0.5) is 0 Å². The first-order chi connectivity index (χ1) is 14.2. The fourth-order valence-corrected chi connectivity index (χ4v) is 4.33. The molecule has 1 aliphatic rings. The molecule has 7 nitrogen and oxygen atoms in total. The van der Waals surface area contributed by atoms with Crippen LogP contribution in [0.3, 0.4) is 0 Å². The van der Waals surface area contributed by atoms with E-state index in [-0.39, 0.29) is 0 Å². The van der Waals surface area contributed by atoms with Gasteiger partial charge in [0.1, 0.15) is 11.3 Å². The molecule has 0 fully saturated rings. The van der Waals surface area contributed by atoms with Crippen LogP contribution in [0.5, 0.6) is 5.75 Å². The lowest BCUT2D eigenvalue weighted by Crippen LogP contribution is -2.18. The Morgan fingerprint density at radius 2 is 1.93 bits per heavy atom. The lowest BCUT2D eigenvalue weighted by Gasteiger charge is -2.22. The van der Waals surface area contributed by atoms with Crippen molar-refractivity contribution in [2.24, 2.45) is 0 Å². The number of carbonyl (C=O) groups is 1. The minimum absolute atomic E-state index is 0.392. The SMILES string of the molecule is COc1cc2[nH]ncc2c2c3c(c(-c4ccc(C(=O)NO)cc4)nc12)CCCC3. The van der Waals surface area contributed by atoms with E-state index >= 15 is 0 Å². The maximum absolute atomic E-state index is 11.6. The number of hydrogen-bond donors (Lipinski definition) is 3. The number of nitrogens with one attached hydrogen (secondary N) is 2. The fourth-order valence-electron chi connectivity index (χ4n) is 4.33. The number of aromatic amines is 1. The van der Waals surface area contributed by atoms with Gasteiger partial charge < -0.3 is 4.74 Å². The molecular weight excluding hydrogens is 368 g/mol. The Balaban J connectivity index is 1.80. The van der Waals surface area contributed by atoms with E-state index in [4.69, 9.17) is 14.9 Å². The molecule has 0 unspecified atom stereocenters. The molecule has 3 N–H and O–H groups in total. The van der Waals surface area contributed by atoms with Gasteiger partial charge in [-0.05, 0) is 48.9 Å². The number of ether oxygens (including phenoxy) is 1. The van der Waals surface area contributed by atoms with Crippen LogP contribution in [0.25, 0.3) is 33.1 Å². The number of nitrogens with zero attached hydrogens (tertiary/aromatic N) is 2. The molecule has 29 heavy (non-hydrogen) atoms. The van der Waals surface area contributed by atoms with Crippen molar-refractivity contribution < 1.29 is 14.7 Å². The number of fused-ring (bicyclic) bond motifs is 5. The van der Waals surface area contributed by atoms with Crippen LogP contribution in [-0.4, -0.2) is 33.4 Å². The summed E-state index contributed by atoms with van der Waals surface area (Å²) in [4.78, 5) is 16.7. The third-order valence-corrected chi connectivity index (χ3v) is 5.70. The quantitative estimate of drug-likeness (QED) is 0.366. The highest BCUT2D eigenvalue weighted by Crippen LogP contribution is 2.41. The third-order valence-electron chi connectivity index (χ3n) is 5.70. The Hall–Kier alpha value is -3.45. The van der Waals surface area contributed by atoms with Crippen molar-refractivity contribution in [1.82, 2.24) is 20.7 Å². The van der Waals surface area contributed by atoms with Gasteiger partial charge in [0, 0.05) is 28.0 Å². The first-order valence-electron chi connectivity index (χ1n) is 9.61. The molecule has 1 amide bonds. The molecule has 0 saturated carbocycles. The Bertz CT molecular complexity index is 1240. The van der Waals surface area contributed by atoms with Crippen molar-refractivity contribution in [3.63, 3.8) is 0 Å². The first-order valence-corrected chi connectivity index (χ1v) is 9.61. The summed E-state index contributed by atoms with van der Waals surface area (Å²) >= 11 is 0. The molecule has 0 spiro atoms. The molecule has 2 aromatic carbocycles. The van der Waals surface area contributed by atoms with Gasteiger partial charge in [-0.1, -0.05) is 12.1 Å². The van der Waals surface area contributed by atoms with Crippen molar-refractivity contribution in [3.05, 3.63) is 53.2 Å². The van der Waals surface area contributed by atoms with Crippen molar-refractivity contribution in [1.29, 1.82) is 0 Å². The molecule has 0 aliphatic heterocycles. The number of hydroxylamine groups is 1. The van der Waals surface area contributed by atoms with Gasteiger partial charge in [0.2, 0.25) is 0 Å². The highest BCUT2D eigenvalue weighted by Gasteiger charge is 2.23. The van der Waals surface area contributed by atoms with E-state index in [0.29, 0.717) is 11.3 Å². The van der Waals surface area contributed by atoms with Crippen molar-refractivity contribution in [3.8, 4) is 17.0 Å². The van der Waals surface area contributed by atoms with Crippen LogP contribution in [0.1, 0.15) is 34.3 Å². The standard InChI is InChI=1S/C22H20N4O3/c1-29-18-10-17-16(11-23-25-17)19-14-4-2-3-5-15(14)20(24-21(18)19)12-6-8-13(9-7-12)22(27)26-28/h6-11,28H,2-5H2,1H3,(H,23,25)(H,26,27). The number of H-pyrrole nitrogens is 1. The number of hydrogen-bond acceptors (Lipinski definition) is 5. The Kier molecular flexibility index (Phi) is 4.17. The predicted molar refractivity (Wildman–Crippen MR) is 109 cm³/mol.